The topological polar surface area (TPSA) is 101 Å². The number of fused-ring (bicyclic) bond motifs is 1. The fourth-order valence-corrected chi connectivity index (χ4v) is 3.67. The van der Waals surface area contributed by atoms with Gasteiger partial charge in [0.1, 0.15) is 11.6 Å². The van der Waals surface area contributed by atoms with E-state index in [0.717, 1.165) is 0 Å². The lowest BCUT2D eigenvalue weighted by atomic mass is 10.0. The molecule has 0 spiro atoms. The summed E-state index contributed by atoms with van der Waals surface area (Å²) in [4.78, 5) is 17.0. The molecule has 0 unspecified atom stereocenters. The summed E-state index contributed by atoms with van der Waals surface area (Å²) in [5, 5.41) is 20.3. The number of ether oxygens (including phenoxy) is 1. The van der Waals surface area contributed by atoms with Crippen LogP contribution in [-0.4, -0.2) is 38.5 Å². The monoisotopic (exact) mass is 437 g/mol. The van der Waals surface area contributed by atoms with Gasteiger partial charge in [0.25, 0.3) is 5.91 Å². The van der Waals surface area contributed by atoms with Crippen molar-refractivity contribution in [3.8, 4) is 17.0 Å². The van der Waals surface area contributed by atoms with E-state index in [2.05, 4.69) is 20.7 Å². The average molecular weight is 437 g/mol. The molecule has 166 valence electrons. The number of carbonyl (C=O) groups excluding carboxylic acids is 1. The Balaban J connectivity index is 1.70. The zero-order chi connectivity index (χ0) is 23.0. The number of carbonyl (C=O) groups is 1. The smallest absolute Gasteiger partial charge is 0.258 e. The molecule has 32 heavy (non-hydrogen) atoms. The molecular weight excluding hydrogens is 413 g/mol. The van der Waals surface area contributed by atoms with E-state index in [1.54, 1.807) is 55.9 Å². The van der Waals surface area contributed by atoms with Gasteiger partial charge in [0.15, 0.2) is 5.82 Å². The minimum Gasteiger partial charge on any atom is -0.496 e. The van der Waals surface area contributed by atoms with Crippen molar-refractivity contribution < 1.29 is 19.0 Å². The Morgan fingerprint density at radius 3 is 2.84 bits per heavy atom. The van der Waals surface area contributed by atoms with Gasteiger partial charge in [-0.2, -0.15) is 5.10 Å². The van der Waals surface area contributed by atoms with E-state index in [-0.39, 0.29) is 11.5 Å². The first-order valence-corrected chi connectivity index (χ1v) is 10.0. The molecule has 0 radical (unpaired) electrons. The maximum Gasteiger partial charge on any atom is 0.258 e. The molecule has 0 saturated heterocycles. The number of nitrogens with one attached hydrogen (secondary N) is 2. The number of halogens is 1. The van der Waals surface area contributed by atoms with Gasteiger partial charge in [-0.15, -0.1) is 0 Å². The molecule has 3 N–H and O–H groups in total. The van der Waals surface area contributed by atoms with Crippen LogP contribution in [0.2, 0.25) is 0 Å². The lowest BCUT2D eigenvalue weighted by Gasteiger charge is -2.16. The van der Waals surface area contributed by atoms with Crippen molar-refractivity contribution in [2.24, 2.45) is 0 Å². The summed E-state index contributed by atoms with van der Waals surface area (Å²) in [6.45, 7) is 5.49. The number of amides is 1. The van der Waals surface area contributed by atoms with Crippen LogP contribution in [0.4, 0.5) is 15.9 Å². The number of benzene rings is 1. The zero-order valence-electron chi connectivity index (χ0n) is 18.2. The highest BCUT2D eigenvalue weighted by molar-refractivity contribution is 6.32. The molecule has 0 atom stereocenters. The minimum atomic E-state index is -0.905. The fourth-order valence-electron chi connectivity index (χ4n) is 3.67. The van der Waals surface area contributed by atoms with E-state index >= 15 is 0 Å². The molecule has 1 amide bonds. The number of nitrogens with zero attached hydrogens (tertiary/aromatic N) is 3. The van der Waals surface area contributed by atoms with Gasteiger partial charge in [-0.3, -0.25) is 14.5 Å². The molecule has 0 fully saturated rings. The Morgan fingerprint density at radius 2 is 2.12 bits per heavy atom. The van der Waals surface area contributed by atoms with Gasteiger partial charge in [0.05, 0.1) is 48.0 Å². The standard InChI is InChI=1S/C23H24FN5O3/c1-13(26-19-8-9-29(28-19)12-23(2,3)31)20-14-10-16(25-11-17(14)27-22(20)30)21-15(24)6-5-7-18(21)32-4/h5-11,31H,12H2,1-4H3,(H,26,28)(H,27,30)/b20-13-. The Bertz CT molecular complexity index is 1230. The number of allylic oxidation sites excluding steroid dienone is 1. The van der Waals surface area contributed by atoms with Gasteiger partial charge >= 0.3 is 0 Å². The highest BCUT2D eigenvalue weighted by atomic mass is 19.1. The predicted molar refractivity (Wildman–Crippen MR) is 120 cm³/mol. The third-order valence-electron chi connectivity index (χ3n) is 4.98. The lowest BCUT2D eigenvalue weighted by Crippen LogP contribution is -2.26. The Kier molecular flexibility index (Phi) is 5.43. The van der Waals surface area contributed by atoms with Crippen LogP contribution < -0.4 is 15.4 Å². The van der Waals surface area contributed by atoms with Gasteiger partial charge in [-0.05, 0) is 39.0 Å². The van der Waals surface area contributed by atoms with E-state index in [4.69, 9.17) is 4.74 Å². The summed E-state index contributed by atoms with van der Waals surface area (Å²) < 4.78 is 21.5. The van der Waals surface area contributed by atoms with Crippen molar-refractivity contribution in [3.63, 3.8) is 0 Å². The summed E-state index contributed by atoms with van der Waals surface area (Å²) in [5.41, 5.74) is 1.81. The zero-order valence-corrected chi connectivity index (χ0v) is 18.2. The Hall–Kier alpha value is -3.72. The number of aromatic nitrogens is 3. The molecule has 8 nitrogen and oxygen atoms in total. The number of hydrogen-bond acceptors (Lipinski definition) is 6. The lowest BCUT2D eigenvalue weighted by molar-refractivity contribution is -0.110. The third-order valence-corrected chi connectivity index (χ3v) is 4.98. The van der Waals surface area contributed by atoms with Crippen LogP contribution in [0.15, 0.2) is 48.4 Å². The van der Waals surface area contributed by atoms with E-state index in [1.807, 2.05) is 0 Å². The number of anilines is 2. The van der Waals surface area contributed by atoms with Crippen molar-refractivity contribution in [2.75, 3.05) is 17.7 Å². The van der Waals surface area contributed by atoms with Crippen molar-refractivity contribution >= 4 is 23.0 Å². The molecule has 1 aliphatic heterocycles. The van der Waals surface area contributed by atoms with Gasteiger partial charge in [0, 0.05) is 23.5 Å². The third kappa shape index (κ3) is 4.19. The van der Waals surface area contributed by atoms with Crippen molar-refractivity contribution in [3.05, 3.63) is 59.8 Å². The van der Waals surface area contributed by atoms with E-state index in [1.165, 1.54) is 19.4 Å². The summed E-state index contributed by atoms with van der Waals surface area (Å²) in [5.74, 6) is 0.130. The molecule has 0 aliphatic carbocycles. The summed E-state index contributed by atoms with van der Waals surface area (Å²) in [6.07, 6.45) is 3.25. The number of rotatable bonds is 6. The minimum absolute atomic E-state index is 0.229. The van der Waals surface area contributed by atoms with Gasteiger partial charge in [-0.25, -0.2) is 4.39 Å². The number of aliphatic hydroxyl groups is 1. The predicted octanol–water partition coefficient (Wildman–Crippen LogP) is 3.66. The van der Waals surface area contributed by atoms with Crippen LogP contribution >= 0.6 is 0 Å². The van der Waals surface area contributed by atoms with E-state index in [0.29, 0.717) is 46.3 Å². The Labute approximate surface area is 184 Å². The molecule has 4 rings (SSSR count). The number of hydrogen-bond donors (Lipinski definition) is 3. The summed E-state index contributed by atoms with van der Waals surface area (Å²) in [6, 6.07) is 7.98. The van der Waals surface area contributed by atoms with Crippen LogP contribution in [0, 0.1) is 5.82 Å². The molecule has 3 heterocycles. The molecule has 3 aromatic rings. The largest absolute Gasteiger partial charge is 0.496 e. The van der Waals surface area contributed by atoms with Crippen LogP contribution in [0.3, 0.4) is 0 Å². The van der Waals surface area contributed by atoms with Crippen molar-refractivity contribution in [2.45, 2.75) is 32.9 Å². The second-order valence-electron chi connectivity index (χ2n) is 8.22. The van der Waals surface area contributed by atoms with Gasteiger partial charge in [0.2, 0.25) is 0 Å². The molecule has 0 bridgehead atoms. The molecule has 1 aromatic carbocycles. The first-order chi connectivity index (χ1) is 15.2. The first kappa shape index (κ1) is 21.5. The second kappa shape index (κ2) is 8.08. The van der Waals surface area contributed by atoms with Crippen LogP contribution in [0.1, 0.15) is 26.3 Å². The Morgan fingerprint density at radius 1 is 1.34 bits per heavy atom. The number of methoxy groups -OCH3 is 1. The molecular formula is C23H24FN5O3. The first-order valence-electron chi connectivity index (χ1n) is 10.0. The second-order valence-corrected chi connectivity index (χ2v) is 8.22. The van der Waals surface area contributed by atoms with Crippen molar-refractivity contribution in [1.29, 1.82) is 0 Å². The molecule has 1 aliphatic rings. The van der Waals surface area contributed by atoms with Gasteiger partial charge < -0.3 is 20.5 Å². The fraction of sp³-hybridized carbons (Fsp3) is 0.261. The summed E-state index contributed by atoms with van der Waals surface area (Å²) in [7, 11) is 1.47. The summed E-state index contributed by atoms with van der Waals surface area (Å²) >= 11 is 0. The van der Waals surface area contributed by atoms with Crippen LogP contribution in [0.25, 0.3) is 16.8 Å². The van der Waals surface area contributed by atoms with E-state index in [9.17, 15) is 14.3 Å². The SMILES string of the molecule is COc1cccc(F)c1-c1cc2c(cn1)NC(=O)/C2=C(/C)Nc1ccn(CC(C)(C)O)n1. The molecule has 2 aromatic heterocycles. The molecule has 0 saturated carbocycles. The van der Waals surface area contributed by atoms with E-state index < -0.39 is 11.4 Å². The van der Waals surface area contributed by atoms with Crippen LogP contribution in [0.5, 0.6) is 5.75 Å². The van der Waals surface area contributed by atoms with Crippen LogP contribution in [-0.2, 0) is 11.3 Å². The average Bonchev–Trinajstić information content (AvgIpc) is 3.28. The highest BCUT2D eigenvalue weighted by Crippen LogP contribution is 2.38. The van der Waals surface area contributed by atoms with Gasteiger partial charge in [-0.1, -0.05) is 6.07 Å². The highest BCUT2D eigenvalue weighted by Gasteiger charge is 2.28. The number of pyridine rings is 1. The maximum absolute atomic E-state index is 14.6. The normalized spacial score (nSPS) is 14.8. The maximum atomic E-state index is 14.6. The quantitative estimate of drug-likeness (QED) is 0.509. The van der Waals surface area contributed by atoms with Crippen molar-refractivity contribution in [1.82, 2.24) is 14.8 Å². The molecule has 9 heteroatoms.